The fourth-order valence-corrected chi connectivity index (χ4v) is 2.95. The number of nitrogens with zero attached hydrogens (tertiary/aromatic N) is 6. The van der Waals surface area contributed by atoms with Crippen molar-refractivity contribution < 1.29 is 4.74 Å². The van der Waals surface area contributed by atoms with Gasteiger partial charge in [-0.2, -0.15) is 10.2 Å². The molecule has 136 valence electrons. The molecule has 27 heavy (non-hydrogen) atoms. The highest BCUT2D eigenvalue weighted by molar-refractivity contribution is 5.82. The number of anilines is 2. The standard InChI is InChI=1S/C19H19N7O/c1-12-15(10-26(2)25-12)14-7-17-16(20-9-14)4-5-18(22-17)23-19-6-13(11-27-3)8-21-24-19/h4-10H,11H2,1-3H3,(H,22,23,24). The van der Waals surface area contributed by atoms with Crippen LogP contribution in [-0.2, 0) is 18.4 Å². The molecule has 0 saturated carbocycles. The van der Waals surface area contributed by atoms with Gasteiger partial charge in [0.15, 0.2) is 5.82 Å². The van der Waals surface area contributed by atoms with Gasteiger partial charge in [-0.1, -0.05) is 0 Å². The van der Waals surface area contributed by atoms with E-state index in [-0.39, 0.29) is 0 Å². The molecule has 0 aliphatic rings. The number of nitrogens with one attached hydrogen (secondary N) is 1. The van der Waals surface area contributed by atoms with Gasteiger partial charge < -0.3 is 10.1 Å². The van der Waals surface area contributed by atoms with E-state index >= 15 is 0 Å². The van der Waals surface area contributed by atoms with Gasteiger partial charge >= 0.3 is 0 Å². The molecule has 0 unspecified atom stereocenters. The summed E-state index contributed by atoms with van der Waals surface area (Å²) in [6, 6.07) is 7.70. The number of pyridine rings is 2. The number of methoxy groups -OCH3 is 1. The maximum absolute atomic E-state index is 5.13. The molecule has 0 amide bonds. The monoisotopic (exact) mass is 361 g/mol. The lowest BCUT2D eigenvalue weighted by molar-refractivity contribution is 0.184. The van der Waals surface area contributed by atoms with E-state index in [0.717, 1.165) is 33.4 Å². The predicted octanol–water partition coefficient (Wildman–Crippen LogP) is 3.02. The molecule has 4 aromatic heterocycles. The second-order valence-electron chi connectivity index (χ2n) is 6.27. The van der Waals surface area contributed by atoms with Crippen LogP contribution in [-0.4, -0.2) is 37.1 Å². The summed E-state index contributed by atoms with van der Waals surface area (Å²) in [6.07, 6.45) is 5.51. The molecule has 0 radical (unpaired) electrons. The van der Waals surface area contributed by atoms with Crippen LogP contribution in [0.1, 0.15) is 11.3 Å². The lowest BCUT2D eigenvalue weighted by Crippen LogP contribution is -2.00. The number of aryl methyl sites for hydroxylation is 2. The van der Waals surface area contributed by atoms with E-state index in [9.17, 15) is 0 Å². The molecule has 0 bridgehead atoms. The first-order valence-corrected chi connectivity index (χ1v) is 8.47. The minimum absolute atomic E-state index is 0.479. The summed E-state index contributed by atoms with van der Waals surface area (Å²) < 4.78 is 6.93. The first kappa shape index (κ1) is 17.0. The van der Waals surface area contributed by atoms with Gasteiger partial charge in [0.1, 0.15) is 5.82 Å². The Kier molecular flexibility index (Phi) is 4.47. The van der Waals surface area contributed by atoms with Crippen LogP contribution in [0.4, 0.5) is 11.6 Å². The summed E-state index contributed by atoms with van der Waals surface area (Å²) in [6.45, 7) is 2.46. The van der Waals surface area contributed by atoms with Crippen molar-refractivity contribution in [1.82, 2.24) is 29.9 Å². The molecule has 4 aromatic rings. The van der Waals surface area contributed by atoms with Gasteiger partial charge in [0, 0.05) is 43.2 Å². The number of hydrogen-bond donors (Lipinski definition) is 1. The first-order chi connectivity index (χ1) is 13.1. The number of fused-ring (bicyclic) bond motifs is 1. The Hall–Kier alpha value is -3.39. The molecule has 0 aromatic carbocycles. The van der Waals surface area contributed by atoms with Crippen LogP contribution in [0.15, 0.2) is 42.9 Å². The number of aromatic nitrogens is 6. The molecule has 0 atom stereocenters. The van der Waals surface area contributed by atoms with E-state index < -0.39 is 0 Å². The molecule has 1 N–H and O–H groups in total. The molecule has 8 heteroatoms. The Morgan fingerprint density at radius 3 is 2.78 bits per heavy atom. The van der Waals surface area contributed by atoms with Gasteiger partial charge in [0.05, 0.1) is 29.5 Å². The highest BCUT2D eigenvalue weighted by atomic mass is 16.5. The van der Waals surface area contributed by atoms with Crippen LogP contribution in [0.25, 0.3) is 22.2 Å². The summed E-state index contributed by atoms with van der Waals surface area (Å²) in [7, 11) is 3.55. The van der Waals surface area contributed by atoms with Gasteiger partial charge in [0.25, 0.3) is 0 Å². The lowest BCUT2D eigenvalue weighted by atomic mass is 10.1. The second-order valence-corrected chi connectivity index (χ2v) is 6.27. The molecule has 0 aliphatic heterocycles. The van der Waals surface area contributed by atoms with Gasteiger partial charge in [-0.15, -0.1) is 5.10 Å². The van der Waals surface area contributed by atoms with Crippen molar-refractivity contribution in [2.45, 2.75) is 13.5 Å². The van der Waals surface area contributed by atoms with Crippen molar-refractivity contribution in [3.05, 3.63) is 54.1 Å². The summed E-state index contributed by atoms with van der Waals surface area (Å²) in [5.74, 6) is 1.29. The number of rotatable bonds is 5. The average Bonchev–Trinajstić information content (AvgIpc) is 3.00. The summed E-state index contributed by atoms with van der Waals surface area (Å²) in [4.78, 5) is 9.19. The van der Waals surface area contributed by atoms with Crippen LogP contribution >= 0.6 is 0 Å². The Labute approximate surface area is 156 Å². The summed E-state index contributed by atoms with van der Waals surface area (Å²) in [5, 5.41) is 15.7. The smallest absolute Gasteiger partial charge is 0.154 e. The molecular weight excluding hydrogens is 342 g/mol. The van der Waals surface area contributed by atoms with Gasteiger partial charge in [-0.25, -0.2) is 4.98 Å². The number of hydrogen-bond acceptors (Lipinski definition) is 7. The predicted molar refractivity (Wildman–Crippen MR) is 103 cm³/mol. The third-order valence-corrected chi connectivity index (χ3v) is 4.14. The van der Waals surface area contributed by atoms with Crippen molar-refractivity contribution in [1.29, 1.82) is 0 Å². The van der Waals surface area contributed by atoms with Gasteiger partial charge in [-0.3, -0.25) is 9.67 Å². The zero-order valence-electron chi connectivity index (χ0n) is 15.3. The van der Waals surface area contributed by atoms with E-state index in [4.69, 9.17) is 4.74 Å². The highest BCUT2D eigenvalue weighted by Crippen LogP contribution is 2.25. The zero-order chi connectivity index (χ0) is 18.8. The van der Waals surface area contributed by atoms with Gasteiger partial charge in [0.2, 0.25) is 0 Å². The first-order valence-electron chi connectivity index (χ1n) is 8.47. The molecule has 0 aliphatic carbocycles. The number of ether oxygens (including phenoxy) is 1. The largest absolute Gasteiger partial charge is 0.380 e. The van der Waals surface area contributed by atoms with Crippen LogP contribution in [0, 0.1) is 6.92 Å². The van der Waals surface area contributed by atoms with E-state index in [1.165, 1.54) is 0 Å². The van der Waals surface area contributed by atoms with Crippen LogP contribution in [0.2, 0.25) is 0 Å². The zero-order valence-corrected chi connectivity index (χ0v) is 15.3. The van der Waals surface area contributed by atoms with E-state index in [1.807, 2.05) is 50.6 Å². The van der Waals surface area contributed by atoms with Crippen LogP contribution in [0.3, 0.4) is 0 Å². The molecule has 0 saturated heterocycles. The fourth-order valence-electron chi connectivity index (χ4n) is 2.95. The van der Waals surface area contributed by atoms with E-state index in [2.05, 4.69) is 30.6 Å². The molecule has 0 spiro atoms. The Morgan fingerprint density at radius 1 is 1.11 bits per heavy atom. The molecular formula is C19H19N7O. The average molecular weight is 361 g/mol. The molecule has 0 fully saturated rings. The van der Waals surface area contributed by atoms with Crippen molar-refractivity contribution in [2.75, 3.05) is 12.4 Å². The maximum atomic E-state index is 5.13. The molecule has 4 rings (SSSR count). The second kappa shape index (κ2) is 7.08. The van der Waals surface area contributed by atoms with Crippen LogP contribution < -0.4 is 5.32 Å². The van der Waals surface area contributed by atoms with Crippen molar-refractivity contribution in [2.24, 2.45) is 7.05 Å². The van der Waals surface area contributed by atoms with Crippen LogP contribution in [0.5, 0.6) is 0 Å². The fraction of sp³-hybridized carbons (Fsp3) is 0.211. The summed E-state index contributed by atoms with van der Waals surface area (Å²) >= 11 is 0. The SMILES string of the molecule is COCc1cnnc(Nc2ccc3ncc(-c4cn(C)nc4C)cc3n2)c1. The van der Waals surface area contributed by atoms with Crippen molar-refractivity contribution >= 4 is 22.7 Å². The third kappa shape index (κ3) is 3.61. The Bertz CT molecular complexity index is 1110. The van der Waals surface area contributed by atoms with E-state index in [0.29, 0.717) is 18.2 Å². The van der Waals surface area contributed by atoms with Crippen molar-refractivity contribution in [3.8, 4) is 11.1 Å². The normalized spacial score (nSPS) is 11.1. The Balaban J connectivity index is 1.67. The maximum Gasteiger partial charge on any atom is 0.154 e. The minimum atomic E-state index is 0.479. The quantitative estimate of drug-likeness (QED) is 0.584. The molecule has 4 heterocycles. The van der Waals surface area contributed by atoms with Crippen molar-refractivity contribution in [3.63, 3.8) is 0 Å². The third-order valence-electron chi connectivity index (χ3n) is 4.14. The minimum Gasteiger partial charge on any atom is -0.380 e. The van der Waals surface area contributed by atoms with Gasteiger partial charge in [-0.05, 0) is 31.2 Å². The van der Waals surface area contributed by atoms with E-state index in [1.54, 1.807) is 18.0 Å². The summed E-state index contributed by atoms with van der Waals surface area (Å²) in [5.41, 5.74) is 5.54. The topological polar surface area (TPSA) is 90.6 Å². The molecule has 8 nitrogen and oxygen atoms in total. The highest BCUT2D eigenvalue weighted by Gasteiger charge is 2.09. The lowest BCUT2D eigenvalue weighted by Gasteiger charge is -2.07. The Morgan fingerprint density at radius 2 is 2.00 bits per heavy atom.